The second kappa shape index (κ2) is 15.2. The highest BCUT2D eigenvalue weighted by Gasteiger charge is 2.37. The fraction of sp³-hybridized carbons (Fsp3) is 0.600. The summed E-state index contributed by atoms with van der Waals surface area (Å²) < 4.78 is 38.1. The van der Waals surface area contributed by atoms with Gasteiger partial charge >= 0.3 is 18.8 Å². The zero-order valence-corrected chi connectivity index (χ0v) is 29.9. The largest absolute Gasteiger partial charge is 0.508 e. The van der Waals surface area contributed by atoms with Gasteiger partial charge in [-0.2, -0.15) is 8.78 Å². The SMILES string of the molecule is CC(C)(C)N(C(=O)O)[C@@H]1CCC[C@H](c2nnc3cc(O)ccn23)C1.CC(C)(C)OC(=O)N[C@@H]1CCC[C@H](c2nnc3cc(OC(F)F)ccn23)C1. The molecule has 278 valence electrons. The van der Waals surface area contributed by atoms with Crippen molar-refractivity contribution in [3.8, 4) is 11.5 Å². The summed E-state index contributed by atoms with van der Waals surface area (Å²) in [6, 6.07) is 6.06. The van der Waals surface area contributed by atoms with Crippen LogP contribution in [0, 0.1) is 0 Å². The summed E-state index contributed by atoms with van der Waals surface area (Å²) in [6.07, 6.45) is 9.09. The number of hydrogen-bond donors (Lipinski definition) is 3. The lowest BCUT2D eigenvalue weighted by Gasteiger charge is -2.42. The Morgan fingerprint density at radius 3 is 2.06 bits per heavy atom. The van der Waals surface area contributed by atoms with Gasteiger partial charge in [0.05, 0.1) is 0 Å². The van der Waals surface area contributed by atoms with Crippen LogP contribution >= 0.6 is 0 Å². The number of nitrogens with zero attached hydrogens (tertiary/aromatic N) is 7. The molecule has 2 fully saturated rings. The van der Waals surface area contributed by atoms with E-state index in [1.807, 2.05) is 45.9 Å². The van der Waals surface area contributed by atoms with Crippen LogP contribution in [0.2, 0.25) is 0 Å². The number of aromatic hydroxyl groups is 1. The minimum Gasteiger partial charge on any atom is -0.508 e. The van der Waals surface area contributed by atoms with Crippen molar-refractivity contribution in [2.75, 3.05) is 0 Å². The summed E-state index contributed by atoms with van der Waals surface area (Å²) in [5.74, 6) is 2.07. The Bertz CT molecular complexity index is 1820. The van der Waals surface area contributed by atoms with Crippen molar-refractivity contribution in [3.63, 3.8) is 0 Å². The molecule has 6 rings (SSSR count). The Kier molecular flexibility index (Phi) is 11.2. The molecule has 0 bridgehead atoms. The molecule has 4 heterocycles. The molecule has 16 heteroatoms. The number of nitrogens with one attached hydrogen (secondary N) is 1. The van der Waals surface area contributed by atoms with Crippen LogP contribution in [0.5, 0.6) is 11.5 Å². The maximum Gasteiger partial charge on any atom is 0.407 e. The number of carbonyl (C=O) groups excluding carboxylic acids is 1. The van der Waals surface area contributed by atoms with E-state index in [0.717, 1.165) is 63.0 Å². The molecule has 2 aliphatic rings. The van der Waals surface area contributed by atoms with Gasteiger partial charge < -0.3 is 29.9 Å². The third-order valence-corrected chi connectivity index (χ3v) is 9.12. The maximum absolute atomic E-state index is 12.4. The van der Waals surface area contributed by atoms with Crippen LogP contribution < -0.4 is 10.1 Å². The quantitative estimate of drug-likeness (QED) is 0.187. The number of fused-ring (bicyclic) bond motifs is 2. The van der Waals surface area contributed by atoms with E-state index in [1.165, 1.54) is 12.1 Å². The summed E-state index contributed by atoms with van der Waals surface area (Å²) in [5, 5.41) is 38.9. The van der Waals surface area contributed by atoms with Gasteiger partial charge in [0.25, 0.3) is 0 Å². The highest BCUT2D eigenvalue weighted by molar-refractivity contribution is 5.68. The fourth-order valence-corrected chi connectivity index (χ4v) is 7.18. The predicted molar refractivity (Wildman–Crippen MR) is 183 cm³/mol. The summed E-state index contributed by atoms with van der Waals surface area (Å²) >= 11 is 0. The molecule has 0 aliphatic heterocycles. The second-order valence-electron chi connectivity index (χ2n) is 15.2. The van der Waals surface area contributed by atoms with Gasteiger partial charge in [0.2, 0.25) is 0 Å². The number of pyridine rings is 2. The molecule has 14 nitrogen and oxygen atoms in total. The number of alkyl carbamates (subject to hydrolysis) is 1. The zero-order chi connectivity index (χ0) is 37.1. The Morgan fingerprint density at radius 1 is 0.882 bits per heavy atom. The van der Waals surface area contributed by atoms with Gasteiger partial charge in [-0.25, -0.2) is 9.59 Å². The van der Waals surface area contributed by atoms with E-state index >= 15 is 0 Å². The van der Waals surface area contributed by atoms with Crippen molar-refractivity contribution in [3.05, 3.63) is 48.3 Å². The van der Waals surface area contributed by atoms with E-state index in [4.69, 9.17) is 4.74 Å². The minimum atomic E-state index is -2.88. The van der Waals surface area contributed by atoms with Gasteiger partial charge in [0.1, 0.15) is 28.7 Å². The zero-order valence-electron chi connectivity index (χ0n) is 29.9. The molecule has 2 saturated carbocycles. The number of rotatable bonds is 6. The average Bonchev–Trinajstić information content (AvgIpc) is 3.63. The van der Waals surface area contributed by atoms with Crippen LogP contribution in [0.25, 0.3) is 11.3 Å². The summed E-state index contributed by atoms with van der Waals surface area (Å²) in [6.45, 7) is 8.38. The molecule has 0 spiro atoms. The number of ether oxygens (including phenoxy) is 2. The smallest absolute Gasteiger partial charge is 0.407 e. The van der Waals surface area contributed by atoms with Gasteiger partial charge in [-0.3, -0.25) is 8.80 Å². The molecular formula is C35H48F2N8O6. The molecule has 0 saturated heterocycles. The second-order valence-corrected chi connectivity index (χ2v) is 15.2. The first-order chi connectivity index (χ1) is 24.0. The molecule has 4 atom stereocenters. The lowest BCUT2D eigenvalue weighted by atomic mass is 9.83. The van der Waals surface area contributed by atoms with E-state index in [9.17, 15) is 28.6 Å². The Morgan fingerprint density at radius 2 is 1.47 bits per heavy atom. The van der Waals surface area contributed by atoms with Crippen LogP contribution in [0.15, 0.2) is 36.7 Å². The predicted octanol–water partition coefficient (Wildman–Crippen LogP) is 7.12. The molecule has 4 aromatic rings. The van der Waals surface area contributed by atoms with E-state index in [1.54, 1.807) is 33.8 Å². The van der Waals surface area contributed by atoms with Gasteiger partial charge in [-0.15, -0.1) is 20.4 Å². The van der Waals surface area contributed by atoms with Gasteiger partial charge in [0.15, 0.2) is 11.3 Å². The number of hydrogen-bond acceptors (Lipinski definition) is 9. The standard InChI is InChI=1S/C18H24F2N4O3.C17H24N4O3/c1-18(2,3)27-17(25)21-12-6-4-5-11(9-12)15-23-22-14-10-13(26-16(19)20)7-8-24(14)15;1-17(2,3)21(16(23)24)12-6-4-5-11(9-12)15-19-18-14-10-13(22)7-8-20(14)15/h7-8,10-12,16H,4-6,9H2,1-3H3,(H,21,25);7-8,10-12,22H,4-6,9H2,1-3H3,(H,23,24)/t2*11-,12+/m00/s1. The number of amides is 2. The topological polar surface area (TPSA) is 169 Å². The first kappa shape index (κ1) is 37.5. The van der Waals surface area contributed by atoms with Gasteiger partial charge in [-0.05, 0) is 92.2 Å². The lowest BCUT2D eigenvalue weighted by Crippen LogP contribution is -2.52. The molecule has 2 aliphatic carbocycles. The Balaban J connectivity index is 0.000000199. The normalized spacial score (nSPS) is 21.2. The van der Waals surface area contributed by atoms with Crippen molar-refractivity contribution >= 4 is 23.5 Å². The van der Waals surface area contributed by atoms with Crippen LogP contribution in [-0.4, -0.2) is 86.3 Å². The highest BCUT2D eigenvalue weighted by atomic mass is 19.3. The Labute approximate surface area is 295 Å². The van der Waals surface area contributed by atoms with Gasteiger partial charge in [-0.1, -0.05) is 12.8 Å². The Hall–Kier alpha value is -4.76. The summed E-state index contributed by atoms with van der Waals surface area (Å²) in [5.41, 5.74) is 0.0830. The van der Waals surface area contributed by atoms with E-state index < -0.39 is 29.9 Å². The molecule has 0 aromatic carbocycles. The van der Waals surface area contributed by atoms with E-state index in [0.29, 0.717) is 11.3 Å². The molecule has 4 aromatic heterocycles. The van der Waals surface area contributed by atoms with Crippen molar-refractivity contribution in [1.82, 2.24) is 39.4 Å². The van der Waals surface area contributed by atoms with Crippen molar-refractivity contribution in [1.29, 1.82) is 0 Å². The first-order valence-corrected chi connectivity index (χ1v) is 17.3. The summed E-state index contributed by atoms with van der Waals surface area (Å²) in [4.78, 5) is 25.3. The molecule has 0 unspecified atom stereocenters. The average molecular weight is 715 g/mol. The monoisotopic (exact) mass is 714 g/mol. The molecule has 0 radical (unpaired) electrons. The third-order valence-electron chi connectivity index (χ3n) is 9.12. The molecule has 3 N–H and O–H groups in total. The van der Waals surface area contributed by atoms with E-state index in [2.05, 4.69) is 30.4 Å². The molecule has 2 amide bonds. The van der Waals surface area contributed by atoms with Crippen LogP contribution in [0.1, 0.15) is 116 Å². The van der Waals surface area contributed by atoms with E-state index in [-0.39, 0.29) is 35.4 Å². The van der Waals surface area contributed by atoms with Gasteiger partial charge in [0, 0.05) is 54.0 Å². The fourth-order valence-electron chi connectivity index (χ4n) is 7.18. The number of carboxylic acid groups (broad SMARTS) is 1. The summed E-state index contributed by atoms with van der Waals surface area (Å²) in [7, 11) is 0. The van der Waals surface area contributed by atoms with Crippen LogP contribution in [0.3, 0.4) is 0 Å². The number of carbonyl (C=O) groups is 2. The van der Waals surface area contributed by atoms with Crippen molar-refractivity contribution < 1.29 is 38.1 Å². The molecule has 51 heavy (non-hydrogen) atoms. The number of aromatic nitrogens is 6. The van der Waals surface area contributed by atoms with Crippen molar-refractivity contribution in [2.45, 2.75) is 135 Å². The maximum atomic E-state index is 12.4. The van der Waals surface area contributed by atoms with Crippen LogP contribution in [0.4, 0.5) is 18.4 Å². The highest BCUT2D eigenvalue weighted by Crippen LogP contribution is 2.37. The number of halogens is 2. The van der Waals surface area contributed by atoms with Crippen molar-refractivity contribution in [2.24, 2.45) is 0 Å². The lowest BCUT2D eigenvalue weighted by molar-refractivity contribution is -0.0498. The first-order valence-electron chi connectivity index (χ1n) is 17.3. The molecular weight excluding hydrogens is 666 g/mol. The van der Waals surface area contributed by atoms with Crippen LogP contribution in [-0.2, 0) is 4.74 Å². The third kappa shape index (κ3) is 9.52. The number of alkyl halides is 2. The minimum absolute atomic E-state index is 0.00705.